The largest absolute Gasteiger partial charge is 0.311 e. The van der Waals surface area contributed by atoms with Gasteiger partial charge in [-0.05, 0) is 49.4 Å². The molecule has 2 aliphatic rings. The molecule has 2 aliphatic carbocycles. The van der Waals surface area contributed by atoms with E-state index in [9.17, 15) is 0 Å². The van der Waals surface area contributed by atoms with Crippen molar-refractivity contribution in [1.29, 1.82) is 0 Å². The summed E-state index contributed by atoms with van der Waals surface area (Å²) in [5, 5.41) is 4.02. The molecule has 1 N–H and O–H groups in total. The lowest BCUT2D eigenvalue weighted by molar-refractivity contribution is 0.208. The summed E-state index contributed by atoms with van der Waals surface area (Å²) in [5.74, 6) is 3.72. The van der Waals surface area contributed by atoms with E-state index in [1.54, 1.807) is 0 Å². The molecule has 0 aromatic carbocycles. The van der Waals surface area contributed by atoms with Gasteiger partial charge in [-0.1, -0.05) is 47.0 Å². The normalized spacial score (nSPS) is 41.5. The third kappa shape index (κ3) is 3.29. The fourth-order valence-electron chi connectivity index (χ4n) is 4.35. The van der Waals surface area contributed by atoms with Crippen LogP contribution in [0.4, 0.5) is 0 Å². The van der Waals surface area contributed by atoms with Gasteiger partial charge in [0.25, 0.3) is 0 Å². The van der Waals surface area contributed by atoms with Crippen LogP contribution in [0.5, 0.6) is 0 Å². The van der Waals surface area contributed by atoms with Gasteiger partial charge in [0.05, 0.1) is 0 Å². The highest BCUT2D eigenvalue weighted by Gasteiger charge is 2.34. The minimum absolute atomic E-state index is 0.811. The molecule has 5 unspecified atom stereocenters. The Morgan fingerprint density at radius 2 is 1.89 bits per heavy atom. The van der Waals surface area contributed by atoms with Crippen LogP contribution < -0.4 is 5.32 Å². The van der Waals surface area contributed by atoms with Crippen LogP contribution in [-0.4, -0.2) is 12.1 Å². The molecule has 2 fully saturated rings. The molecule has 106 valence electrons. The minimum Gasteiger partial charge on any atom is -0.311 e. The zero-order chi connectivity index (χ0) is 13.1. The molecular weight excluding hydrogens is 218 g/mol. The standard InChI is InChI=1S/C17H33N/c1-5-14-9-10-17(13(14)4)18-16-8-6-7-15(11-16)12(2)3/h12-18H,5-11H2,1-4H3. The molecule has 0 heterocycles. The second kappa shape index (κ2) is 6.41. The Morgan fingerprint density at radius 1 is 1.11 bits per heavy atom. The maximum Gasteiger partial charge on any atom is 0.00980 e. The van der Waals surface area contributed by atoms with E-state index in [4.69, 9.17) is 0 Å². The van der Waals surface area contributed by atoms with Crippen molar-refractivity contribution in [1.82, 2.24) is 5.32 Å². The highest BCUT2D eigenvalue weighted by Crippen LogP contribution is 2.36. The van der Waals surface area contributed by atoms with Crippen molar-refractivity contribution in [3.05, 3.63) is 0 Å². The highest BCUT2D eigenvalue weighted by molar-refractivity contribution is 4.90. The van der Waals surface area contributed by atoms with Crippen LogP contribution in [-0.2, 0) is 0 Å². The molecule has 1 heteroatoms. The van der Waals surface area contributed by atoms with Crippen LogP contribution in [0.25, 0.3) is 0 Å². The first-order valence-electron chi connectivity index (χ1n) is 8.37. The second-order valence-corrected chi connectivity index (χ2v) is 7.25. The molecule has 18 heavy (non-hydrogen) atoms. The Morgan fingerprint density at radius 3 is 2.50 bits per heavy atom. The summed E-state index contributed by atoms with van der Waals surface area (Å²) in [4.78, 5) is 0. The van der Waals surface area contributed by atoms with Crippen molar-refractivity contribution in [3.63, 3.8) is 0 Å². The lowest BCUT2D eigenvalue weighted by atomic mass is 9.79. The third-order valence-corrected chi connectivity index (χ3v) is 5.86. The fraction of sp³-hybridized carbons (Fsp3) is 1.00. The van der Waals surface area contributed by atoms with Crippen LogP contribution >= 0.6 is 0 Å². The number of rotatable bonds is 4. The van der Waals surface area contributed by atoms with Crippen LogP contribution in [0.2, 0.25) is 0 Å². The summed E-state index contributed by atoms with van der Waals surface area (Å²) in [6.45, 7) is 9.64. The molecule has 1 nitrogen and oxygen atoms in total. The second-order valence-electron chi connectivity index (χ2n) is 7.25. The van der Waals surface area contributed by atoms with Gasteiger partial charge in [0.15, 0.2) is 0 Å². The number of hydrogen-bond acceptors (Lipinski definition) is 1. The van der Waals surface area contributed by atoms with Crippen molar-refractivity contribution in [2.75, 3.05) is 0 Å². The maximum atomic E-state index is 4.02. The minimum atomic E-state index is 0.811. The predicted molar refractivity (Wildman–Crippen MR) is 79.7 cm³/mol. The first-order valence-corrected chi connectivity index (χ1v) is 8.37. The maximum absolute atomic E-state index is 4.02. The van der Waals surface area contributed by atoms with E-state index in [1.165, 1.54) is 44.9 Å². The molecule has 0 aliphatic heterocycles. The summed E-state index contributed by atoms with van der Waals surface area (Å²) < 4.78 is 0. The molecule has 0 radical (unpaired) electrons. The topological polar surface area (TPSA) is 12.0 Å². The van der Waals surface area contributed by atoms with Crippen molar-refractivity contribution >= 4 is 0 Å². The Hall–Kier alpha value is -0.0400. The van der Waals surface area contributed by atoms with Crippen LogP contribution in [0.1, 0.15) is 72.6 Å². The molecule has 5 atom stereocenters. The quantitative estimate of drug-likeness (QED) is 0.769. The highest BCUT2D eigenvalue weighted by atomic mass is 15.0. The summed E-state index contributed by atoms with van der Waals surface area (Å²) >= 11 is 0. The van der Waals surface area contributed by atoms with Gasteiger partial charge in [-0.2, -0.15) is 0 Å². The van der Waals surface area contributed by atoms with Crippen molar-refractivity contribution in [3.8, 4) is 0 Å². The Balaban J connectivity index is 1.82. The van der Waals surface area contributed by atoms with Crippen LogP contribution in [0.3, 0.4) is 0 Å². The van der Waals surface area contributed by atoms with E-state index in [0.717, 1.165) is 35.8 Å². The first kappa shape index (κ1) is 14.4. The molecular formula is C17H33N. The van der Waals surface area contributed by atoms with E-state index < -0.39 is 0 Å². The van der Waals surface area contributed by atoms with Crippen molar-refractivity contribution in [2.24, 2.45) is 23.7 Å². The first-order chi connectivity index (χ1) is 8.61. The zero-order valence-corrected chi connectivity index (χ0v) is 12.9. The van der Waals surface area contributed by atoms with E-state index in [-0.39, 0.29) is 0 Å². The number of hydrogen-bond donors (Lipinski definition) is 1. The van der Waals surface area contributed by atoms with Crippen molar-refractivity contribution < 1.29 is 0 Å². The van der Waals surface area contributed by atoms with Gasteiger partial charge in [0.1, 0.15) is 0 Å². The van der Waals surface area contributed by atoms with Gasteiger partial charge >= 0.3 is 0 Å². The van der Waals surface area contributed by atoms with Gasteiger partial charge in [-0.25, -0.2) is 0 Å². The van der Waals surface area contributed by atoms with Crippen molar-refractivity contribution in [2.45, 2.75) is 84.7 Å². The third-order valence-electron chi connectivity index (χ3n) is 5.86. The zero-order valence-electron chi connectivity index (χ0n) is 12.9. The Kier molecular flexibility index (Phi) is 5.12. The monoisotopic (exact) mass is 251 g/mol. The van der Waals surface area contributed by atoms with Gasteiger partial charge in [-0.15, -0.1) is 0 Å². The average molecular weight is 251 g/mol. The lowest BCUT2D eigenvalue weighted by Crippen LogP contribution is -2.43. The summed E-state index contributed by atoms with van der Waals surface area (Å²) in [6.07, 6.45) is 10.0. The van der Waals surface area contributed by atoms with E-state index >= 15 is 0 Å². The van der Waals surface area contributed by atoms with Crippen LogP contribution in [0.15, 0.2) is 0 Å². The summed E-state index contributed by atoms with van der Waals surface area (Å²) in [6, 6.07) is 1.63. The Bertz CT molecular complexity index is 248. The van der Waals surface area contributed by atoms with E-state index in [2.05, 4.69) is 33.0 Å². The predicted octanol–water partition coefficient (Wildman–Crippen LogP) is 4.62. The molecule has 0 amide bonds. The fourth-order valence-corrected chi connectivity index (χ4v) is 4.35. The van der Waals surface area contributed by atoms with Gasteiger partial charge in [-0.3, -0.25) is 0 Å². The van der Waals surface area contributed by atoms with Gasteiger partial charge < -0.3 is 5.32 Å². The smallest absolute Gasteiger partial charge is 0.00980 e. The molecule has 0 bridgehead atoms. The summed E-state index contributed by atoms with van der Waals surface area (Å²) in [7, 11) is 0. The lowest BCUT2D eigenvalue weighted by Gasteiger charge is -2.35. The SMILES string of the molecule is CCC1CCC(NC2CCCC(C(C)C)C2)C1C. The molecule has 2 rings (SSSR count). The van der Waals surface area contributed by atoms with E-state index in [1.807, 2.05) is 0 Å². The number of nitrogens with one attached hydrogen (secondary N) is 1. The van der Waals surface area contributed by atoms with Crippen LogP contribution in [0, 0.1) is 23.7 Å². The van der Waals surface area contributed by atoms with Gasteiger partial charge in [0.2, 0.25) is 0 Å². The van der Waals surface area contributed by atoms with Gasteiger partial charge in [0, 0.05) is 12.1 Å². The molecule has 2 saturated carbocycles. The molecule has 0 aromatic rings. The molecule has 0 aromatic heterocycles. The summed E-state index contributed by atoms with van der Waals surface area (Å²) in [5.41, 5.74) is 0. The molecule has 0 spiro atoms. The average Bonchev–Trinajstić information content (AvgIpc) is 2.71. The molecule has 0 saturated heterocycles. The Labute approximate surface area is 114 Å². The van der Waals surface area contributed by atoms with E-state index in [0.29, 0.717) is 0 Å².